The molecule has 0 atom stereocenters. The zero-order chi connectivity index (χ0) is 3.41. The molecule has 0 saturated heterocycles. The first-order chi connectivity index (χ1) is 1.91. The maximum absolute atomic E-state index is 3.60. The Labute approximate surface area is 59.2 Å². The summed E-state index contributed by atoms with van der Waals surface area (Å²) in [7, 11) is 0. The average Bonchev–Trinajstić information content (AvgIpc) is 1.37. The second kappa shape index (κ2) is 8.92. The molecule has 0 nitrogen and oxygen atoms in total. The largest absolute Gasteiger partial charge is 0.343 e. The fraction of sp³-hybridized carbons (Fsp3) is 0.750. The van der Waals surface area contributed by atoms with Crippen LogP contribution in [0.2, 0.25) is 0 Å². The fourth-order valence-electron chi connectivity index (χ4n) is 0. The van der Waals surface area contributed by atoms with Crippen LogP contribution in [-0.2, 0) is 32.7 Å². The van der Waals surface area contributed by atoms with Gasteiger partial charge in [0.05, 0.1) is 0 Å². The van der Waals surface area contributed by atoms with Crippen molar-refractivity contribution in [3.63, 3.8) is 0 Å². The average molecular weight is 146 g/mol. The Hall–Kier alpha value is 1.10. The summed E-state index contributed by atoms with van der Waals surface area (Å²) in [5.41, 5.74) is 0. The third-order valence-electron chi connectivity index (χ3n) is 0.354. The summed E-state index contributed by atoms with van der Waals surface area (Å²) >= 11 is 0. The molecule has 1 heteroatoms. The van der Waals surface area contributed by atoms with E-state index in [-0.39, 0.29) is 32.7 Å². The monoisotopic (exact) mass is 146 g/mol. The first kappa shape index (κ1) is 9.44. The summed E-state index contributed by atoms with van der Waals surface area (Å²) < 4.78 is 0. The predicted molar refractivity (Wildman–Crippen MR) is 20.3 cm³/mol. The van der Waals surface area contributed by atoms with E-state index < -0.39 is 0 Å². The van der Waals surface area contributed by atoms with E-state index in [1.807, 2.05) is 0 Å². The number of rotatable bonds is 1. The third kappa shape index (κ3) is 11.1. The molecule has 0 saturated carbocycles. The minimum absolute atomic E-state index is 0. The molecule has 0 aliphatic rings. The summed E-state index contributed by atoms with van der Waals surface area (Å²) in [6, 6.07) is 0. The van der Waals surface area contributed by atoms with Gasteiger partial charge in [-0.25, -0.2) is 0 Å². The molecule has 5 heavy (non-hydrogen) atoms. The molecule has 0 bridgehead atoms. The van der Waals surface area contributed by atoms with Crippen LogP contribution in [-0.4, -0.2) is 0 Å². The van der Waals surface area contributed by atoms with Gasteiger partial charge in [-0.05, 0) is 0 Å². The van der Waals surface area contributed by atoms with Crippen molar-refractivity contribution in [3.8, 4) is 0 Å². The number of hydrogen-bond acceptors (Lipinski definition) is 0. The van der Waals surface area contributed by atoms with Crippen molar-refractivity contribution in [2.24, 2.45) is 0 Å². The Morgan fingerprint density at radius 1 is 1.60 bits per heavy atom. The zero-order valence-electron chi connectivity index (χ0n) is 3.70. The van der Waals surface area contributed by atoms with Gasteiger partial charge in [-0.15, -0.1) is 0 Å². The van der Waals surface area contributed by atoms with E-state index in [0.717, 1.165) is 6.42 Å². The molecule has 0 amide bonds. The topological polar surface area (TPSA) is 0 Å². The molecule has 0 spiro atoms. The molecule has 29 valence electrons. The quantitative estimate of drug-likeness (QED) is 0.493. The second-order valence-corrected chi connectivity index (χ2v) is 0.854. The van der Waals surface area contributed by atoms with Gasteiger partial charge in [0.1, 0.15) is 0 Å². The van der Waals surface area contributed by atoms with Crippen molar-refractivity contribution in [2.75, 3.05) is 0 Å². The zero-order valence-corrected chi connectivity index (χ0v) is 6.54. The van der Waals surface area contributed by atoms with Gasteiger partial charge < -0.3 is 6.92 Å². The molecule has 1 radical (unpaired) electrons. The molecular weight excluding hydrogens is 137 g/mol. The van der Waals surface area contributed by atoms with E-state index in [2.05, 4.69) is 13.8 Å². The van der Waals surface area contributed by atoms with E-state index in [4.69, 9.17) is 0 Å². The van der Waals surface area contributed by atoms with Gasteiger partial charge in [-0.2, -0.15) is 6.42 Å². The van der Waals surface area contributed by atoms with Crippen molar-refractivity contribution in [3.05, 3.63) is 6.92 Å². The van der Waals surface area contributed by atoms with Crippen molar-refractivity contribution in [1.29, 1.82) is 0 Å². The third-order valence-corrected chi connectivity index (χ3v) is 0.354. The molecule has 0 unspecified atom stereocenters. The Bertz CT molecular complexity index is 5.61. The van der Waals surface area contributed by atoms with Gasteiger partial charge >= 0.3 is 0 Å². The van der Waals surface area contributed by atoms with Crippen LogP contribution in [0.1, 0.15) is 19.8 Å². The minimum atomic E-state index is 0. The van der Waals surface area contributed by atoms with Gasteiger partial charge in [0.25, 0.3) is 0 Å². The standard InChI is InChI=1S/C4H9.Y/c1-3-4-2;/h1,3-4H2,2H3;/q-1;. The van der Waals surface area contributed by atoms with Crippen LogP contribution < -0.4 is 0 Å². The Morgan fingerprint density at radius 3 is 1.80 bits per heavy atom. The molecule has 0 aromatic carbocycles. The van der Waals surface area contributed by atoms with Crippen molar-refractivity contribution < 1.29 is 32.7 Å². The number of unbranched alkanes of at least 4 members (excludes halogenated alkanes) is 1. The van der Waals surface area contributed by atoms with E-state index in [1.54, 1.807) is 0 Å². The van der Waals surface area contributed by atoms with Crippen LogP contribution in [0.4, 0.5) is 0 Å². The fourth-order valence-corrected chi connectivity index (χ4v) is 0. The Morgan fingerprint density at radius 2 is 1.80 bits per heavy atom. The van der Waals surface area contributed by atoms with E-state index in [0.29, 0.717) is 0 Å². The summed E-state index contributed by atoms with van der Waals surface area (Å²) in [5.74, 6) is 0. The molecule has 0 rings (SSSR count). The van der Waals surface area contributed by atoms with Crippen molar-refractivity contribution >= 4 is 0 Å². The molecule has 0 heterocycles. The molecule has 0 aromatic heterocycles. The Balaban J connectivity index is 0. The van der Waals surface area contributed by atoms with Crippen LogP contribution >= 0.6 is 0 Å². The van der Waals surface area contributed by atoms with Crippen molar-refractivity contribution in [1.82, 2.24) is 0 Å². The summed E-state index contributed by atoms with van der Waals surface area (Å²) in [4.78, 5) is 0. The maximum Gasteiger partial charge on any atom is 0 e. The Kier molecular flexibility index (Phi) is 16.8. The summed E-state index contributed by atoms with van der Waals surface area (Å²) in [6.45, 7) is 5.72. The second-order valence-electron chi connectivity index (χ2n) is 0.854. The normalized spacial score (nSPS) is 6.00. The maximum atomic E-state index is 3.60. The smallest absolute Gasteiger partial charge is 0 e. The van der Waals surface area contributed by atoms with Crippen LogP contribution in [0.3, 0.4) is 0 Å². The van der Waals surface area contributed by atoms with E-state index in [1.165, 1.54) is 6.42 Å². The van der Waals surface area contributed by atoms with Gasteiger partial charge in [0.15, 0.2) is 0 Å². The predicted octanol–water partition coefficient (Wildman–Crippen LogP) is 1.62. The SMILES string of the molecule is [CH2-]CCC.[Y]. The number of hydrogen-bond donors (Lipinski definition) is 0. The van der Waals surface area contributed by atoms with Crippen LogP contribution in [0.15, 0.2) is 0 Å². The van der Waals surface area contributed by atoms with E-state index >= 15 is 0 Å². The minimum Gasteiger partial charge on any atom is -0.343 e. The van der Waals surface area contributed by atoms with Gasteiger partial charge in [-0.1, -0.05) is 13.3 Å². The molecule has 0 fully saturated rings. The van der Waals surface area contributed by atoms with Crippen LogP contribution in [0.5, 0.6) is 0 Å². The molecule has 0 aliphatic heterocycles. The van der Waals surface area contributed by atoms with Crippen molar-refractivity contribution in [2.45, 2.75) is 19.8 Å². The van der Waals surface area contributed by atoms with Crippen LogP contribution in [0.25, 0.3) is 0 Å². The summed E-state index contributed by atoms with van der Waals surface area (Å²) in [6.07, 6.45) is 2.28. The first-order valence-electron chi connectivity index (χ1n) is 1.71. The first-order valence-corrected chi connectivity index (χ1v) is 1.71. The molecular formula is C4H9Y-. The van der Waals surface area contributed by atoms with E-state index in [9.17, 15) is 0 Å². The van der Waals surface area contributed by atoms with Gasteiger partial charge in [0.2, 0.25) is 0 Å². The van der Waals surface area contributed by atoms with Crippen LogP contribution in [0, 0.1) is 6.92 Å². The molecule has 0 N–H and O–H groups in total. The molecule has 0 aliphatic carbocycles. The van der Waals surface area contributed by atoms with Gasteiger partial charge in [-0.3, -0.25) is 0 Å². The summed E-state index contributed by atoms with van der Waals surface area (Å²) in [5, 5.41) is 0. The van der Waals surface area contributed by atoms with Gasteiger partial charge in [0, 0.05) is 32.7 Å². The molecule has 0 aromatic rings.